The molecule has 0 fully saturated rings. The molecule has 1 aromatic heterocycles. The SMILES string of the molecule is NNC(Cc1ccoc1)c1cccc(F)c1Br. The summed E-state index contributed by atoms with van der Waals surface area (Å²) in [6.07, 6.45) is 3.89. The van der Waals surface area contributed by atoms with Crippen LogP contribution in [-0.2, 0) is 6.42 Å². The van der Waals surface area contributed by atoms with Crippen LogP contribution >= 0.6 is 15.9 Å². The van der Waals surface area contributed by atoms with Gasteiger partial charge < -0.3 is 4.42 Å². The molecule has 0 aliphatic rings. The van der Waals surface area contributed by atoms with Gasteiger partial charge in [0.25, 0.3) is 0 Å². The highest BCUT2D eigenvalue weighted by atomic mass is 79.9. The average molecular weight is 299 g/mol. The molecule has 0 amide bonds. The largest absolute Gasteiger partial charge is 0.472 e. The fourth-order valence-corrected chi connectivity index (χ4v) is 2.23. The van der Waals surface area contributed by atoms with Gasteiger partial charge in [0.2, 0.25) is 0 Å². The maximum atomic E-state index is 13.4. The van der Waals surface area contributed by atoms with Gasteiger partial charge in [-0.3, -0.25) is 11.3 Å². The zero-order valence-corrected chi connectivity index (χ0v) is 10.6. The summed E-state index contributed by atoms with van der Waals surface area (Å²) in [4.78, 5) is 0. The minimum Gasteiger partial charge on any atom is -0.472 e. The van der Waals surface area contributed by atoms with Crippen molar-refractivity contribution in [3.8, 4) is 0 Å². The Morgan fingerprint density at radius 2 is 2.24 bits per heavy atom. The van der Waals surface area contributed by atoms with Crippen LogP contribution in [0.1, 0.15) is 17.2 Å². The fourth-order valence-electron chi connectivity index (χ4n) is 1.69. The maximum absolute atomic E-state index is 13.4. The Bertz CT molecular complexity index is 487. The van der Waals surface area contributed by atoms with Gasteiger partial charge >= 0.3 is 0 Å². The molecular weight excluding hydrogens is 287 g/mol. The molecule has 0 bridgehead atoms. The van der Waals surface area contributed by atoms with Crippen molar-refractivity contribution in [1.82, 2.24) is 5.43 Å². The lowest BCUT2D eigenvalue weighted by molar-refractivity contribution is 0.529. The number of nitrogens with one attached hydrogen (secondary N) is 1. The summed E-state index contributed by atoms with van der Waals surface area (Å²) in [6, 6.07) is 6.58. The second-order valence-corrected chi connectivity index (χ2v) is 4.49. The van der Waals surface area contributed by atoms with E-state index in [0.717, 1.165) is 11.1 Å². The van der Waals surface area contributed by atoms with Gasteiger partial charge in [-0.05, 0) is 45.6 Å². The molecule has 1 atom stereocenters. The Balaban J connectivity index is 2.26. The smallest absolute Gasteiger partial charge is 0.137 e. The third kappa shape index (κ3) is 2.74. The molecule has 17 heavy (non-hydrogen) atoms. The molecule has 0 aliphatic carbocycles. The van der Waals surface area contributed by atoms with Crippen LogP contribution in [0.4, 0.5) is 4.39 Å². The maximum Gasteiger partial charge on any atom is 0.137 e. The van der Waals surface area contributed by atoms with Gasteiger partial charge in [0, 0.05) is 0 Å². The van der Waals surface area contributed by atoms with Crippen molar-refractivity contribution in [2.24, 2.45) is 5.84 Å². The lowest BCUT2D eigenvalue weighted by Crippen LogP contribution is -2.29. The minimum absolute atomic E-state index is 0.169. The average Bonchev–Trinajstić information content (AvgIpc) is 2.83. The molecule has 0 spiro atoms. The summed E-state index contributed by atoms with van der Waals surface area (Å²) in [6.45, 7) is 0. The van der Waals surface area contributed by atoms with Gasteiger partial charge in [-0.25, -0.2) is 4.39 Å². The third-order valence-corrected chi connectivity index (χ3v) is 3.41. The number of furan rings is 1. The van der Waals surface area contributed by atoms with E-state index in [1.165, 1.54) is 6.07 Å². The molecule has 90 valence electrons. The number of halogens is 2. The molecule has 1 heterocycles. The lowest BCUT2D eigenvalue weighted by atomic mass is 10.0. The van der Waals surface area contributed by atoms with E-state index in [-0.39, 0.29) is 11.9 Å². The summed E-state index contributed by atoms with van der Waals surface area (Å²) in [7, 11) is 0. The molecule has 0 saturated heterocycles. The van der Waals surface area contributed by atoms with Crippen molar-refractivity contribution in [2.45, 2.75) is 12.5 Å². The van der Waals surface area contributed by atoms with Gasteiger partial charge in [0.05, 0.1) is 23.0 Å². The van der Waals surface area contributed by atoms with Crippen molar-refractivity contribution >= 4 is 15.9 Å². The first-order valence-corrected chi connectivity index (χ1v) is 5.92. The summed E-state index contributed by atoms with van der Waals surface area (Å²) in [5.74, 6) is 5.22. The van der Waals surface area contributed by atoms with Crippen LogP contribution in [0.25, 0.3) is 0 Å². The zero-order chi connectivity index (χ0) is 12.3. The summed E-state index contributed by atoms with van der Waals surface area (Å²) < 4.78 is 18.9. The van der Waals surface area contributed by atoms with Crippen LogP contribution in [0.15, 0.2) is 45.7 Å². The Morgan fingerprint density at radius 3 is 2.88 bits per heavy atom. The Kier molecular flexibility index (Phi) is 3.93. The van der Waals surface area contributed by atoms with E-state index in [2.05, 4.69) is 21.4 Å². The molecule has 2 rings (SSSR count). The molecule has 0 radical (unpaired) electrons. The number of hydrogen-bond acceptors (Lipinski definition) is 3. The van der Waals surface area contributed by atoms with Crippen LogP contribution in [0.2, 0.25) is 0 Å². The van der Waals surface area contributed by atoms with Gasteiger partial charge in [0.1, 0.15) is 5.82 Å². The first-order valence-electron chi connectivity index (χ1n) is 5.13. The van der Waals surface area contributed by atoms with Crippen LogP contribution in [0, 0.1) is 5.82 Å². The van der Waals surface area contributed by atoms with E-state index >= 15 is 0 Å². The van der Waals surface area contributed by atoms with E-state index in [9.17, 15) is 4.39 Å². The van der Waals surface area contributed by atoms with Gasteiger partial charge in [-0.1, -0.05) is 12.1 Å². The van der Waals surface area contributed by atoms with E-state index in [1.54, 1.807) is 18.6 Å². The predicted octanol–water partition coefficient (Wildman–Crippen LogP) is 2.93. The highest BCUT2D eigenvalue weighted by Crippen LogP contribution is 2.27. The van der Waals surface area contributed by atoms with Gasteiger partial charge in [-0.15, -0.1) is 0 Å². The van der Waals surface area contributed by atoms with Crippen molar-refractivity contribution < 1.29 is 8.81 Å². The second kappa shape index (κ2) is 5.44. The Labute approximate surface area is 107 Å². The Hall–Kier alpha value is -1.17. The van der Waals surface area contributed by atoms with E-state index in [4.69, 9.17) is 10.3 Å². The molecule has 3 N–H and O–H groups in total. The number of rotatable bonds is 4. The topological polar surface area (TPSA) is 51.2 Å². The van der Waals surface area contributed by atoms with Crippen molar-refractivity contribution in [2.75, 3.05) is 0 Å². The van der Waals surface area contributed by atoms with Crippen LogP contribution in [-0.4, -0.2) is 0 Å². The third-order valence-electron chi connectivity index (χ3n) is 2.58. The van der Waals surface area contributed by atoms with Crippen LogP contribution in [0.3, 0.4) is 0 Å². The normalized spacial score (nSPS) is 12.6. The number of hydrogen-bond donors (Lipinski definition) is 2. The van der Waals surface area contributed by atoms with E-state index < -0.39 is 0 Å². The fraction of sp³-hybridized carbons (Fsp3) is 0.167. The first kappa shape index (κ1) is 12.3. The minimum atomic E-state index is -0.296. The molecular formula is C12H12BrFN2O. The number of hydrazine groups is 1. The quantitative estimate of drug-likeness (QED) is 0.674. The summed E-state index contributed by atoms with van der Waals surface area (Å²) in [5, 5.41) is 0. The molecule has 5 heteroatoms. The molecule has 0 saturated carbocycles. The Morgan fingerprint density at radius 1 is 1.41 bits per heavy atom. The highest BCUT2D eigenvalue weighted by Gasteiger charge is 2.16. The monoisotopic (exact) mass is 298 g/mol. The van der Waals surface area contributed by atoms with Gasteiger partial charge in [0.15, 0.2) is 0 Å². The van der Waals surface area contributed by atoms with Crippen LogP contribution in [0.5, 0.6) is 0 Å². The molecule has 1 aromatic carbocycles. The van der Waals surface area contributed by atoms with Crippen molar-refractivity contribution in [1.29, 1.82) is 0 Å². The van der Waals surface area contributed by atoms with Gasteiger partial charge in [-0.2, -0.15) is 0 Å². The summed E-state index contributed by atoms with van der Waals surface area (Å²) >= 11 is 3.23. The molecule has 2 aromatic rings. The summed E-state index contributed by atoms with van der Waals surface area (Å²) in [5.41, 5.74) is 4.48. The van der Waals surface area contributed by atoms with E-state index in [1.807, 2.05) is 12.1 Å². The molecule has 3 nitrogen and oxygen atoms in total. The van der Waals surface area contributed by atoms with E-state index in [0.29, 0.717) is 10.9 Å². The number of benzene rings is 1. The van der Waals surface area contributed by atoms with Crippen molar-refractivity contribution in [3.05, 3.63) is 58.2 Å². The molecule has 1 unspecified atom stereocenters. The standard InChI is InChI=1S/C12H12BrFN2O/c13-12-9(2-1-3-10(12)14)11(16-15)6-8-4-5-17-7-8/h1-5,7,11,16H,6,15H2. The van der Waals surface area contributed by atoms with Crippen LogP contribution < -0.4 is 11.3 Å². The van der Waals surface area contributed by atoms with Crippen molar-refractivity contribution in [3.63, 3.8) is 0 Å². The zero-order valence-electron chi connectivity index (χ0n) is 8.99. The molecule has 0 aliphatic heterocycles. The second-order valence-electron chi connectivity index (χ2n) is 3.70. The lowest BCUT2D eigenvalue weighted by Gasteiger charge is -2.17. The number of nitrogens with two attached hydrogens (primary N) is 1. The first-order chi connectivity index (χ1) is 8.22. The highest BCUT2D eigenvalue weighted by molar-refractivity contribution is 9.10. The predicted molar refractivity (Wildman–Crippen MR) is 66.6 cm³/mol.